The number of aryl methyl sites for hydroxylation is 1. The average molecular weight is 705 g/mol. The predicted octanol–water partition coefficient (Wildman–Crippen LogP) is 7.25. The Kier molecular flexibility index (Phi) is 11.1. The fraction of sp³-hybridized carbons (Fsp3) is 0.161. The van der Waals surface area contributed by atoms with Gasteiger partial charge >= 0.3 is 0 Å². The minimum atomic E-state index is -4.04. The van der Waals surface area contributed by atoms with E-state index in [1.54, 1.807) is 54.6 Å². The lowest BCUT2D eigenvalue weighted by Crippen LogP contribution is -2.40. The number of hydrazone groups is 1. The molecule has 0 aliphatic carbocycles. The molecule has 43 heavy (non-hydrogen) atoms. The SMILES string of the molecule is CCc1ccccc1N(CC(=O)N/N=C\c1cc(Br)c(OCc2ccc(Cl)c(Cl)c2)c(OC)c1)S(=O)(=O)c1ccccc1. The summed E-state index contributed by atoms with van der Waals surface area (Å²) in [4.78, 5) is 13.1. The number of hydrogen-bond acceptors (Lipinski definition) is 6. The summed E-state index contributed by atoms with van der Waals surface area (Å²) in [5.41, 5.74) is 5.07. The zero-order valence-corrected chi connectivity index (χ0v) is 27.2. The lowest BCUT2D eigenvalue weighted by atomic mass is 10.1. The second-order valence-corrected chi connectivity index (χ2v) is 12.7. The second kappa shape index (κ2) is 14.7. The number of nitrogens with one attached hydrogen (secondary N) is 1. The van der Waals surface area contributed by atoms with Crippen molar-refractivity contribution in [2.24, 2.45) is 5.10 Å². The highest BCUT2D eigenvalue weighted by molar-refractivity contribution is 9.10. The van der Waals surface area contributed by atoms with E-state index in [4.69, 9.17) is 32.7 Å². The van der Waals surface area contributed by atoms with E-state index in [0.717, 1.165) is 15.4 Å². The third-order valence-corrected chi connectivity index (χ3v) is 9.38. The topological polar surface area (TPSA) is 97.3 Å². The molecular weight excluding hydrogens is 677 g/mol. The van der Waals surface area contributed by atoms with Crippen LogP contribution in [0.2, 0.25) is 10.0 Å². The van der Waals surface area contributed by atoms with Crippen LogP contribution in [-0.2, 0) is 27.8 Å². The molecule has 12 heteroatoms. The van der Waals surface area contributed by atoms with Crippen LogP contribution in [0.5, 0.6) is 11.5 Å². The lowest BCUT2D eigenvalue weighted by molar-refractivity contribution is -0.119. The van der Waals surface area contributed by atoms with Crippen LogP contribution in [0, 0.1) is 0 Å². The molecule has 4 aromatic rings. The molecule has 0 spiro atoms. The van der Waals surface area contributed by atoms with Crippen LogP contribution in [0.25, 0.3) is 0 Å². The van der Waals surface area contributed by atoms with Gasteiger partial charge in [0, 0.05) is 0 Å². The maximum atomic E-state index is 13.6. The first kappa shape index (κ1) is 32.3. The zero-order chi connectivity index (χ0) is 31.0. The van der Waals surface area contributed by atoms with Crippen molar-refractivity contribution in [2.45, 2.75) is 24.8 Å². The summed E-state index contributed by atoms with van der Waals surface area (Å²) in [6.07, 6.45) is 2.00. The van der Waals surface area contributed by atoms with Crippen molar-refractivity contribution in [1.29, 1.82) is 0 Å². The molecule has 0 aliphatic heterocycles. The summed E-state index contributed by atoms with van der Waals surface area (Å²) in [7, 11) is -2.53. The third-order valence-electron chi connectivity index (χ3n) is 6.28. The first-order valence-electron chi connectivity index (χ1n) is 13.1. The number of sulfonamides is 1. The largest absolute Gasteiger partial charge is 0.493 e. The van der Waals surface area contributed by atoms with E-state index in [1.807, 2.05) is 25.1 Å². The Morgan fingerprint density at radius 1 is 1.00 bits per heavy atom. The van der Waals surface area contributed by atoms with Crippen molar-refractivity contribution >= 4 is 67.0 Å². The molecule has 0 saturated carbocycles. The molecule has 0 fully saturated rings. The number of benzene rings is 4. The minimum Gasteiger partial charge on any atom is -0.493 e. The summed E-state index contributed by atoms with van der Waals surface area (Å²) in [5, 5.41) is 4.94. The van der Waals surface area contributed by atoms with Gasteiger partial charge in [0.05, 0.1) is 38.4 Å². The highest BCUT2D eigenvalue weighted by atomic mass is 79.9. The first-order valence-corrected chi connectivity index (χ1v) is 16.0. The highest BCUT2D eigenvalue weighted by Crippen LogP contribution is 2.37. The fourth-order valence-corrected chi connectivity index (χ4v) is 6.53. The van der Waals surface area contributed by atoms with Crippen LogP contribution >= 0.6 is 39.1 Å². The number of hydrogen-bond donors (Lipinski definition) is 1. The number of carbonyl (C=O) groups excluding carboxylic acids is 1. The van der Waals surface area contributed by atoms with Crippen LogP contribution in [0.4, 0.5) is 5.69 Å². The van der Waals surface area contributed by atoms with Gasteiger partial charge in [-0.25, -0.2) is 13.8 Å². The van der Waals surface area contributed by atoms with E-state index >= 15 is 0 Å². The molecule has 0 aliphatic rings. The molecule has 0 unspecified atom stereocenters. The van der Waals surface area contributed by atoms with Crippen molar-refractivity contribution in [3.63, 3.8) is 0 Å². The van der Waals surface area contributed by atoms with E-state index in [-0.39, 0.29) is 11.5 Å². The highest BCUT2D eigenvalue weighted by Gasteiger charge is 2.28. The summed E-state index contributed by atoms with van der Waals surface area (Å²) in [5.74, 6) is 0.277. The van der Waals surface area contributed by atoms with Crippen LogP contribution in [0.1, 0.15) is 23.6 Å². The number of anilines is 1. The van der Waals surface area contributed by atoms with Crippen LogP contribution in [-0.4, -0.2) is 34.2 Å². The third kappa shape index (κ3) is 8.08. The Labute approximate surface area is 269 Å². The number of rotatable bonds is 12. The quantitative estimate of drug-likeness (QED) is 0.124. The standard InChI is InChI=1S/C31H28BrCl2N3O5S/c1-3-23-9-7-8-12-28(23)37(43(39,40)24-10-5-4-6-11-24)19-30(38)36-35-18-22-15-25(32)31(29(17-22)41-2)42-20-21-13-14-26(33)27(34)16-21/h4-18H,3,19-20H2,1-2H3,(H,36,38)/b35-18-. The van der Waals surface area contributed by atoms with E-state index < -0.39 is 22.5 Å². The number of halogens is 3. The molecule has 8 nitrogen and oxygen atoms in total. The van der Waals surface area contributed by atoms with Gasteiger partial charge in [0.2, 0.25) is 0 Å². The van der Waals surface area contributed by atoms with Crippen molar-refractivity contribution in [2.75, 3.05) is 18.0 Å². The molecule has 0 heterocycles. The minimum absolute atomic E-state index is 0.0793. The van der Waals surface area contributed by atoms with Crippen molar-refractivity contribution in [3.8, 4) is 11.5 Å². The maximum absolute atomic E-state index is 13.6. The molecule has 1 amide bonds. The molecular formula is C31H28BrCl2N3O5S. The Morgan fingerprint density at radius 3 is 2.42 bits per heavy atom. The molecule has 0 radical (unpaired) electrons. The molecule has 4 aromatic carbocycles. The van der Waals surface area contributed by atoms with E-state index in [2.05, 4.69) is 26.5 Å². The van der Waals surface area contributed by atoms with Crippen LogP contribution in [0.3, 0.4) is 0 Å². The van der Waals surface area contributed by atoms with Gasteiger partial charge < -0.3 is 9.47 Å². The Hall–Kier alpha value is -3.57. The number of ether oxygens (including phenoxy) is 2. The van der Waals surface area contributed by atoms with E-state index in [1.165, 1.54) is 25.5 Å². The van der Waals surface area contributed by atoms with Gasteiger partial charge in [-0.3, -0.25) is 9.10 Å². The van der Waals surface area contributed by atoms with Gasteiger partial charge in [-0.1, -0.05) is 72.6 Å². The van der Waals surface area contributed by atoms with Crippen LogP contribution in [0.15, 0.2) is 99.4 Å². The normalized spacial score (nSPS) is 11.4. The summed E-state index contributed by atoms with van der Waals surface area (Å²) in [6, 6.07) is 23.7. The zero-order valence-electron chi connectivity index (χ0n) is 23.3. The van der Waals surface area contributed by atoms with E-state index in [9.17, 15) is 13.2 Å². The summed E-state index contributed by atoms with van der Waals surface area (Å²) < 4.78 is 40.4. The number of para-hydroxylation sites is 1. The monoisotopic (exact) mass is 703 g/mol. The smallest absolute Gasteiger partial charge is 0.264 e. The fourth-order valence-electron chi connectivity index (χ4n) is 4.16. The molecule has 1 N–H and O–H groups in total. The molecule has 224 valence electrons. The Balaban J connectivity index is 1.50. The Bertz CT molecular complexity index is 1740. The molecule has 0 bridgehead atoms. The summed E-state index contributed by atoms with van der Waals surface area (Å²) >= 11 is 15.6. The van der Waals surface area contributed by atoms with Gasteiger partial charge in [-0.05, 0) is 81.5 Å². The van der Waals surface area contributed by atoms with Crippen LogP contribution < -0.4 is 19.2 Å². The number of amides is 1. The first-order chi connectivity index (χ1) is 20.6. The average Bonchev–Trinajstić information content (AvgIpc) is 3.01. The van der Waals surface area contributed by atoms with Gasteiger partial charge in [0.1, 0.15) is 13.2 Å². The molecule has 0 saturated heterocycles. The predicted molar refractivity (Wildman–Crippen MR) is 174 cm³/mol. The Morgan fingerprint density at radius 2 is 1.72 bits per heavy atom. The van der Waals surface area contributed by atoms with Gasteiger partial charge in [-0.15, -0.1) is 0 Å². The van der Waals surface area contributed by atoms with Crippen molar-refractivity contribution in [1.82, 2.24) is 5.43 Å². The lowest BCUT2D eigenvalue weighted by Gasteiger charge is -2.25. The van der Waals surface area contributed by atoms with E-state index in [0.29, 0.717) is 43.7 Å². The molecule has 4 rings (SSSR count). The number of carbonyl (C=O) groups is 1. The molecule has 0 atom stereocenters. The van der Waals surface area contributed by atoms with Gasteiger partial charge in [0.25, 0.3) is 15.9 Å². The number of nitrogens with zero attached hydrogens (tertiary/aromatic N) is 2. The van der Waals surface area contributed by atoms with Gasteiger partial charge in [-0.2, -0.15) is 5.10 Å². The van der Waals surface area contributed by atoms with Crippen molar-refractivity contribution in [3.05, 3.63) is 116 Å². The summed E-state index contributed by atoms with van der Waals surface area (Å²) in [6.45, 7) is 1.67. The van der Waals surface area contributed by atoms with Crippen molar-refractivity contribution < 1.29 is 22.7 Å². The maximum Gasteiger partial charge on any atom is 0.264 e. The van der Waals surface area contributed by atoms with Gasteiger partial charge in [0.15, 0.2) is 11.5 Å². The molecule has 0 aromatic heterocycles. The number of methoxy groups -OCH3 is 1. The second-order valence-electron chi connectivity index (χ2n) is 9.17.